The summed E-state index contributed by atoms with van der Waals surface area (Å²) in [5.41, 5.74) is 3.07. The van der Waals surface area contributed by atoms with E-state index in [1.165, 1.54) is 44.9 Å². The van der Waals surface area contributed by atoms with E-state index in [9.17, 15) is 0 Å². The van der Waals surface area contributed by atoms with E-state index < -0.39 is 0 Å². The number of fused-ring (bicyclic) bond motifs is 2. The lowest BCUT2D eigenvalue weighted by atomic mass is 9.82. The van der Waals surface area contributed by atoms with Crippen LogP contribution < -0.4 is 11.3 Å². The van der Waals surface area contributed by atoms with Crippen molar-refractivity contribution in [3.63, 3.8) is 0 Å². The smallest absolute Gasteiger partial charge is 0.0769 e. The Balaban J connectivity index is 1.57. The van der Waals surface area contributed by atoms with Crippen molar-refractivity contribution in [2.24, 2.45) is 29.5 Å². The number of hydrogen-bond acceptors (Lipinski definition) is 3. The molecule has 0 aromatic carbocycles. The van der Waals surface area contributed by atoms with Crippen LogP contribution in [0, 0.1) is 23.7 Å². The molecule has 3 saturated carbocycles. The third kappa shape index (κ3) is 2.59. The van der Waals surface area contributed by atoms with Crippen LogP contribution in [0.25, 0.3) is 0 Å². The van der Waals surface area contributed by atoms with Crippen LogP contribution in [0.15, 0.2) is 0 Å². The minimum Gasteiger partial charge on any atom is -0.377 e. The summed E-state index contributed by atoms with van der Waals surface area (Å²) in [6.45, 7) is 2.91. The van der Waals surface area contributed by atoms with E-state index in [1.54, 1.807) is 0 Å². The molecule has 0 aromatic heterocycles. The highest BCUT2D eigenvalue weighted by Gasteiger charge is 2.43. The Hall–Kier alpha value is -0.120. The van der Waals surface area contributed by atoms with Crippen LogP contribution >= 0.6 is 0 Å². The van der Waals surface area contributed by atoms with Gasteiger partial charge >= 0.3 is 0 Å². The van der Waals surface area contributed by atoms with Gasteiger partial charge in [-0.05, 0) is 69.1 Å². The predicted octanol–water partition coefficient (Wildman–Crippen LogP) is 2.46. The SMILES string of the molecule is CCOC(C1CC1)C(CC1CC2CCC1C2)NN. The molecule has 5 unspecified atom stereocenters. The first-order valence-electron chi connectivity index (χ1n) is 7.89. The fourth-order valence-electron chi connectivity index (χ4n) is 4.49. The van der Waals surface area contributed by atoms with Crippen molar-refractivity contribution in [2.75, 3.05) is 6.61 Å². The first-order chi connectivity index (χ1) is 8.81. The molecule has 3 aliphatic rings. The summed E-state index contributed by atoms with van der Waals surface area (Å²) in [4.78, 5) is 0. The fourth-order valence-corrected chi connectivity index (χ4v) is 4.49. The number of nitrogens with two attached hydrogens (primary N) is 1. The number of nitrogens with one attached hydrogen (secondary N) is 1. The molecule has 0 spiro atoms. The Bertz CT molecular complexity index is 280. The second-order valence-corrected chi connectivity index (χ2v) is 6.70. The number of ether oxygens (including phenoxy) is 1. The zero-order valence-corrected chi connectivity index (χ0v) is 11.6. The first kappa shape index (κ1) is 12.9. The van der Waals surface area contributed by atoms with E-state index in [2.05, 4.69) is 12.3 Å². The van der Waals surface area contributed by atoms with Crippen molar-refractivity contribution in [3.8, 4) is 0 Å². The van der Waals surface area contributed by atoms with E-state index in [0.29, 0.717) is 12.1 Å². The third-order valence-electron chi connectivity index (χ3n) is 5.50. The molecule has 0 aliphatic heterocycles. The van der Waals surface area contributed by atoms with Gasteiger partial charge in [-0.3, -0.25) is 11.3 Å². The van der Waals surface area contributed by atoms with Gasteiger partial charge in [-0.2, -0.15) is 0 Å². The third-order valence-corrected chi connectivity index (χ3v) is 5.50. The molecule has 3 N–H and O–H groups in total. The quantitative estimate of drug-likeness (QED) is 0.540. The van der Waals surface area contributed by atoms with Gasteiger partial charge in [0.15, 0.2) is 0 Å². The Labute approximate surface area is 111 Å². The molecule has 3 fully saturated rings. The van der Waals surface area contributed by atoms with Crippen molar-refractivity contribution in [2.45, 2.75) is 64.0 Å². The number of hydrogen-bond donors (Lipinski definition) is 2. The van der Waals surface area contributed by atoms with Crippen LogP contribution in [0.1, 0.15) is 51.9 Å². The highest BCUT2D eigenvalue weighted by atomic mass is 16.5. The topological polar surface area (TPSA) is 47.3 Å². The van der Waals surface area contributed by atoms with Crippen molar-refractivity contribution >= 4 is 0 Å². The second kappa shape index (κ2) is 5.48. The van der Waals surface area contributed by atoms with E-state index >= 15 is 0 Å². The van der Waals surface area contributed by atoms with Gasteiger partial charge in [-0.1, -0.05) is 6.42 Å². The maximum Gasteiger partial charge on any atom is 0.0769 e. The molecule has 104 valence electrons. The molecule has 18 heavy (non-hydrogen) atoms. The summed E-state index contributed by atoms with van der Waals surface area (Å²) >= 11 is 0. The molecular weight excluding hydrogens is 224 g/mol. The number of rotatable bonds is 7. The van der Waals surface area contributed by atoms with Crippen LogP contribution in [0.2, 0.25) is 0 Å². The number of hydrazine groups is 1. The van der Waals surface area contributed by atoms with Gasteiger partial charge in [0.1, 0.15) is 0 Å². The molecule has 3 nitrogen and oxygen atoms in total. The Morgan fingerprint density at radius 3 is 2.56 bits per heavy atom. The van der Waals surface area contributed by atoms with Crippen molar-refractivity contribution < 1.29 is 4.74 Å². The van der Waals surface area contributed by atoms with Gasteiger partial charge in [0.25, 0.3) is 0 Å². The molecule has 0 amide bonds. The largest absolute Gasteiger partial charge is 0.377 e. The zero-order chi connectivity index (χ0) is 12.5. The molecule has 0 saturated heterocycles. The van der Waals surface area contributed by atoms with Crippen molar-refractivity contribution in [1.82, 2.24) is 5.43 Å². The molecule has 2 bridgehead atoms. The summed E-state index contributed by atoms with van der Waals surface area (Å²) in [6.07, 6.45) is 10.2. The summed E-state index contributed by atoms with van der Waals surface area (Å²) < 4.78 is 5.97. The van der Waals surface area contributed by atoms with Crippen LogP contribution in [0.4, 0.5) is 0 Å². The molecule has 0 aromatic rings. The van der Waals surface area contributed by atoms with E-state index in [-0.39, 0.29) is 0 Å². The maximum absolute atomic E-state index is 5.97. The van der Waals surface area contributed by atoms with Gasteiger partial charge in [-0.25, -0.2) is 0 Å². The van der Waals surface area contributed by atoms with Crippen LogP contribution in [0.5, 0.6) is 0 Å². The zero-order valence-electron chi connectivity index (χ0n) is 11.6. The average Bonchev–Trinajstić information content (AvgIpc) is 3.02. The molecule has 3 rings (SSSR count). The monoisotopic (exact) mass is 252 g/mol. The van der Waals surface area contributed by atoms with Gasteiger partial charge in [-0.15, -0.1) is 0 Å². The molecule has 3 heteroatoms. The highest BCUT2D eigenvalue weighted by Crippen LogP contribution is 2.50. The predicted molar refractivity (Wildman–Crippen MR) is 72.8 cm³/mol. The van der Waals surface area contributed by atoms with E-state index in [4.69, 9.17) is 10.6 Å². The minimum atomic E-state index is 0.360. The lowest BCUT2D eigenvalue weighted by molar-refractivity contribution is 0.0103. The molecular formula is C15H28N2O. The Morgan fingerprint density at radius 1 is 1.22 bits per heavy atom. The first-order valence-corrected chi connectivity index (χ1v) is 7.89. The highest BCUT2D eigenvalue weighted by molar-refractivity contribution is 4.95. The summed E-state index contributed by atoms with van der Waals surface area (Å²) in [5.74, 6) is 9.52. The van der Waals surface area contributed by atoms with Crippen LogP contribution in [0.3, 0.4) is 0 Å². The molecule has 0 radical (unpaired) electrons. The molecule has 5 atom stereocenters. The second-order valence-electron chi connectivity index (χ2n) is 6.70. The van der Waals surface area contributed by atoms with Gasteiger partial charge in [0.05, 0.1) is 6.10 Å². The summed E-state index contributed by atoms with van der Waals surface area (Å²) in [5, 5.41) is 0. The van der Waals surface area contributed by atoms with Gasteiger partial charge in [0, 0.05) is 12.6 Å². The fraction of sp³-hybridized carbons (Fsp3) is 1.00. The van der Waals surface area contributed by atoms with Gasteiger partial charge < -0.3 is 4.74 Å². The Kier molecular flexibility index (Phi) is 3.92. The summed E-state index contributed by atoms with van der Waals surface area (Å²) in [6, 6.07) is 0.377. The van der Waals surface area contributed by atoms with Crippen molar-refractivity contribution in [3.05, 3.63) is 0 Å². The molecule has 0 heterocycles. The van der Waals surface area contributed by atoms with Crippen molar-refractivity contribution in [1.29, 1.82) is 0 Å². The van der Waals surface area contributed by atoms with Gasteiger partial charge in [0.2, 0.25) is 0 Å². The minimum absolute atomic E-state index is 0.360. The van der Waals surface area contributed by atoms with E-state index in [0.717, 1.165) is 30.3 Å². The lowest BCUT2D eigenvalue weighted by Crippen LogP contribution is -2.47. The maximum atomic E-state index is 5.97. The average molecular weight is 252 g/mol. The van der Waals surface area contributed by atoms with Crippen LogP contribution in [-0.4, -0.2) is 18.8 Å². The molecule has 3 aliphatic carbocycles. The lowest BCUT2D eigenvalue weighted by Gasteiger charge is -2.31. The van der Waals surface area contributed by atoms with Crippen LogP contribution in [-0.2, 0) is 4.74 Å². The van der Waals surface area contributed by atoms with E-state index in [1.807, 2.05) is 0 Å². The Morgan fingerprint density at radius 2 is 2.06 bits per heavy atom. The normalized spacial score (nSPS) is 38.0. The summed E-state index contributed by atoms with van der Waals surface area (Å²) in [7, 11) is 0. The standard InChI is InChI=1S/C15H28N2O/c1-2-18-15(11-5-6-11)14(17-16)9-13-8-10-3-4-12(13)7-10/h10-15,17H,2-9,16H2,1H3.